The molecule has 0 bridgehead atoms. The number of amides is 1. The van der Waals surface area contributed by atoms with E-state index in [2.05, 4.69) is 0 Å². The average Bonchev–Trinajstić information content (AvgIpc) is 3.28. The lowest BCUT2D eigenvalue weighted by Gasteiger charge is -2.24. The molecule has 0 aromatic carbocycles. The van der Waals surface area contributed by atoms with Gasteiger partial charge in [-0.3, -0.25) is 9.59 Å². The first-order chi connectivity index (χ1) is 11.3. The molecular weight excluding hydrogens is 376 g/mol. The zero-order chi connectivity index (χ0) is 17.5. The van der Waals surface area contributed by atoms with Crippen LogP contribution >= 0.6 is 22.9 Å². The van der Waals surface area contributed by atoms with Crippen molar-refractivity contribution in [3.8, 4) is 0 Å². The maximum absolute atomic E-state index is 12.6. The van der Waals surface area contributed by atoms with Crippen molar-refractivity contribution in [1.29, 1.82) is 0 Å². The third-order valence-electron chi connectivity index (χ3n) is 4.45. The summed E-state index contributed by atoms with van der Waals surface area (Å²) < 4.78 is 27.2. The van der Waals surface area contributed by atoms with Gasteiger partial charge in [0.15, 0.2) is 0 Å². The van der Waals surface area contributed by atoms with Gasteiger partial charge in [-0.1, -0.05) is 11.6 Å². The van der Waals surface area contributed by atoms with Crippen molar-refractivity contribution in [2.24, 2.45) is 5.41 Å². The van der Waals surface area contributed by atoms with Crippen LogP contribution in [-0.4, -0.2) is 60.8 Å². The molecule has 1 N–H and O–H groups in total. The van der Waals surface area contributed by atoms with Crippen molar-refractivity contribution < 1.29 is 23.1 Å². The minimum atomic E-state index is -3.64. The zero-order valence-electron chi connectivity index (χ0n) is 12.8. The fourth-order valence-corrected chi connectivity index (χ4v) is 5.95. The van der Waals surface area contributed by atoms with Gasteiger partial charge in [-0.05, 0) is 31.4 Å². The number of carboxylic acids is 1. The molecule has 10 heteroatoms. The normalized spacial score (nSPS) is 21.3. The Morgan fingerprint density at radius 1 is 1.17 bits per heavy atom. The van der Waals surface area contributed by atoms with Crippen LogP contribution in [0.25, 0.3) is 0 Å². The van der Waals surface area contributed by atoms with E-state index in [0.717, 1.165) is 11.3 Å². The minimum Gasteiger partial charge on any atom is -0.480 e. The maximum atomic E-state index is 12.6. The Bertz CT molecular complexity index is 772. The topological polar surface area (TPSA) is 95.0 Å². The number of halogens is 1. The molecule has 1 amide bonds. The second-order valence-electron chi connectivity index (χ2n) is 6.00. The molecule has 0 radical (unpaired) electrons. The van der Waals surface area contributed by atoms with Gasteiger partial charge in [-0.2, -0.15) is 4.31 Å². The van der Waals surface area contributed by atoms with Crippen LogP contribution < -0.4 is 0 Å². The highest BCUT2D eigenvalue weighted by Gasteiger charge is 2.58. The van der Waals surface area contributed by atoms with E-state index >= 15 is 0 Å². The van der Waals surface area contributed by atoms with E-state index in [0.29, 0.717) is 36.7 Å². The lowest BCUT2D eigenvalue weighted by Crippen LogP contribution is -2.43. The number of hydrogen-bond acceptors (Lipinski definition) is 5. The summed E-state index contributed by atoms with van der Waals surface area (Å²) in [5.41, 5.74) is -1.28. The molecule has 2 fully saturated rings. The van der Waals surface area contributed by atoms with E-state index in [1.165, 1.54) is 21.3 Å². The molecule has 132 valence electrons. The predicted molar refractivity (Wildman–Crippen MR) is 88.6 cm³/mol. The van der Waals surface area contributed by atoms with Crippen LogP contribution in [-0.2, 0) is 19.6 Å². The van der Waals surface area contributed by atoms with Crippen molar-refractivity contribution in [3.05, 3.63) is 16.5 Å². The standard InChI is InChI=1S/C14H17ClN2O5S2/c15-10-2-3-11(23-10)24(21,22)17-7-1-6-16(8-9-17)12(18)14(4-5-14)13(19)20/h2-3H,1,4-9H2,(H,19,20). The van der Waals surface area contributed by atoms with E-state index in [-0.39, 0.29) is 17.3 Å². The van der Waals surface area contributed by atoms with Crippen LogP contribution in [0.2, 0.25) is 4.34 Å². The van der Waals surface area contributed by atoms with Crippen LogP contribution in [0.3, 0.4) is 0 Å². The molecule has 1 aliphatic heterocycles. The highest BCUT2D eigenvalue weighted by Crippen LogP contribution is 2.47. The number of carboxylic acid groups (broad SMARTS) is 1. The van der Waals surface area contributed by atoms with E-state index in [1.54, 1.807) is 0 Å². The van der Waals surface area contributed by atoms with Gasteiger partial charge in [0.05, 0.1) is 4.34 Å². The quantitative estimate of drug-likeness (QED) is 0.783. The molecule has 1 aromatic rings. The Hall–Kier alpha value is -1.16. The first-order valence-corrected chi connectivity index (χ1v) is 10.2. The summed E-state index contributed by atoms with van der Waals surface area (Å²) in [6, 6.07) is 3.01. The third-order valence-corrected chi connectivity index (χ3v) is 8.05. The third kappa shape index (κ3) is 3.05. The van der Waals surface area contributed by atoms with Crippen molar-refractivity contribution in [3.63, 3.8) is 0 Å². The van der Waals surface area contributed by atoms with Crippen LogP contribution in [0.15, 0.2) is 16.3 Å². The van der Waals surface area contributed by atoms with E-state index in [1.807, 2.05) is 0 Å². The summed E-state index contributed by atoms with van der Waals surface area (Å²) in [5.74, 6) is -1.48. The molecular formula is C14H17ClN2O5S2. The van der Waals surface area contributed by atoms with Gasteiger partial charge in [-0.25, -0.2) is 8.42 Å². The van der Waals surface area contributed by atoms with Gasteiger partial charge in [0.2, 0.25) is 5.91 Å². The summed E-state index contributed by atoms with van der Waals surface area (Å²) >= 11 is 6.81. The SMILES string of the molecule is O=C(O)C1(C(=O)N2CCCN(S(=O)(=O)c3ccc(Cl)s3)CC2)CC1. The number of sulfonamides is 1. The van der Waals surface area contributed by atoms with Crippen molar-refractivity contribution in [2.45, 2.75) is 23.5 Å². The summed E-state index contributed by atoms with van der Waals surface area (Å²) in [4.78, 5) is 25.3. The summed E-state index contributed by atoms with van der Waals surface area (Å²) in [6.07, 6.45) is 1.18. The van der Waals surface area contributed by atoms with E-state index < -0.39 is 27.3 Å². The van der Waals surface area contributed by atoms with E-state index in [9.17, 15) is 23.1 Å². The van der Waals surface area contributed by atoms with Crippen LogP contribution in [0.4, 0.5) is 0 Å². The lowest BCUT2D eigenvalue weighted by atomic mass is 10.1. The molecule has 24 heavy (non-hydrogen) atoms. The maximum Gasteiger partial charge on any atom is 0.319 e. The minimum absolute atomic E-state index is 0.152. The second-order valence-corrected chi connectivity index (χ2v) is 9.88. The number of carbonyl (C=O) groups excluding carboxylic acids is 1. The van der Waals surface area contributed by atoms with Crippen molar-refractivity contribution >= 4 is 44.8 Å². The number of nitrogens with zero attached hydrogens (tertiary/aromatic N) is 2. The first kappa shape index (κ1) is 17.7. The van der Waals surface area contributed by atoms with Gasteiger partial charge in [0, 0.05) is 26.2 Å². The van der Waals surface area contributed by atoms with Gasteiger partial charge >= 0.3 is 5.97 Å². The smallest absolute Gasteiger partial charge is 0.319 e. The second kappa shape index (κ2) is 6.29. The van der Waals surface area contributed by atoms with Crippen LogP contribution in [0.5, 0.6) is 0 Å². The monoisotopic (exact) mass is 392 g/mol. The molecule has 1 aliphatic carbocycles. The Morgan fingerprint density at radius 2 is 1.88 bits per heavy atom. The molecule has 0 unspecified atom stereocenters. The lowest BCUT2D eigenvalue weighted by molar-refractivity contribution is -0.153. The molecule has 7 nitrogen and oxygen atoms in total. The largest absolute Gasteiger partial charge is 0.480 e. The molecule has 0 spiro atoms. The molecule has 3 rings (SSSR count). The number of hydrogen-bond donors (Lipinski definition) is 1. The average molecular weight is 393 g/mol. The summed E-state index contributed by atoms with van der Waals surface area (Å²) in [6.45, 7) is 1.01. The molecule has 1 aromatic heterocycles. The highest BCUT2D eigenvalue weighted by molar-refractivity contribution is 7.91. The molecule has 1 saturated heterocycles. The van der Waals surface area contributed by atoms with Gasteiger partial charge in [0.1, 0.15) is 9.62 Å². The Kier molecular flexibility index (Phi) is 4.63. The molecule has 0 atom stereocenters. The Labute approximate surface area is 148 Å². The summed E-state index contributed by atoms with van der Waals surface area (Å²) in [7, 11) is -3.64. The predicted octanol–water partition coefficient (Wildman–Crippen LogP) is 1.49. The Morgan fingerprint density at radius 3 is 2.42 bits per heavy atom. The van der Waals surface area contributed by atoms with Gasteiger partial charge in [-0.15, -0.1) is 11.3 Å². The van der Waals surface area contributed by atoms with Crippen molar-refractivity contribution in [1.82, 2.24) is 9.21 Å². The fraction of sp³-hybridized carbons (Fsp3) is 0.571. The number of carbonyl (C=O) groups is 2. The number of rotatable bonds is 4. The van der Waals surface area contributed by atoms with Gasteiger partial charge < -0.3 is 10.0 Å². The molecule has 1 saturated carbocycles. The number of aliphatic carboxylic acids is 1. The zero-order valence-corrected chi connectivity index (χ0v) is 15.2. The number of thiophene rings is 1. The molecule has 2 heterocycles. The molecule has 2 aliphatic rings. The van der Waals surface area contributed by atoms with E-state index in [4.69, 9.17) is 11.6 Å². The first-order valence-electron chi connectivity index (χ1n) is 7.56. The fourth-order valence-electron chi connectivity index (χ4n) is 2.85. The van der Waals surface area contributed by atoms with Crippen LogP contribution in [0, 0.1) is 5.41 Å². The Balaban J connectivity index is 1.72. The van der Waals surface area contributed by atoms with Gasteiger partial charge in [0.25, 0.3) is 10.0 Å². The summed E-state index contributed by atoms with van der Waals surface area (Å²) in [5, 5.41) is 9.24. The van der Waals surface area contributed by atoms with Crippen LogP contribution in [0.1, 0.15) is 19.3 Å². The van der Waals surface area contributed by atoms with Crippen molar-refractivity contribution in [2.75, 3.05) is 26.2 Å². The highest BCUT2D eigenvalue weighted by atomic mass is 35.5.